The summed E-state index contributed by atoms with van der Waals surface area (Å²) in [5, 5.41) is 2.79. The number of sulfonamides is 1. The van der Waals surface area contributed by atoms with E-state index >= 15 is 0 Å². The molecule has 0 radical (unpaired) electrons. The second kappa shape index (κ2) is 7.55. The first-order valence-corrected chi connectivity index (χ1v) is 9.99. The van der Waals surface area contributed by atoms with Crippen molar-refractivity contribution in [3.05, 3.63) is 72.2 Å². The van der Waals surface area contributed by atoms with E-state index < -0.39 is 10.0 Å². The number of nitrogens with zero attached hydrogens (tertiary/aromatic N) is 2. The lowest BCUT2D eigenvalue weighted by molar-refractivity contribution is 0.102. The number of hydrogen-bond acceptors (Lipinski definition) is 5. The Morgan fingerprint density at radius 1 is 1.00 bits per heavy atom. The molecule has 27 heavy (non-hydrogen) atoms. The first kappa shape index (κ1) is 18.5. The molecule has 7 nitrogen and oxygen atoms in total. The summed E-state index contributed by atoms with van der Waals surface area (Å²) in [7, 11) is -3.39. The van der Waals surface area contributed by atoms with E-state index in [1.165, 1.54) is 0 Å². The third-order valence-corrected chi connectivity index (χ3v) is 4.27. The molecule has 0 atom stereocenters. The lowest BCUT2D eigenvalue weighted by Gasteiger charge is -2.10. The molecule has 0 fully saturated rings. The third kappa shape index (κ3) is 4.89. The first-order valence-electron chi connectivity index (χ1n) is 8.10. The van der Waals surface area contributed by atoms with E-state index in [0.29, 0.717) is 28.3 Å². The van der Waals surface area contributed by atoms with Crippen LogP contribution in [-0.4, -0.2) is 30.5 Å². The number of rotatable bonds is 5. The van der Waals surface area contributed by atoms with Gasteiger partial charge in [-0.1, -0.05) is 30.3 Å². The number of amides is 1. The van der Waals surface area contributed by atoms with Gasteiger partial charge in [0.05, 0.1) is 23.8 Å². The van der Waals surface area contributed by atoms with E-state index in [4.69, 9.17) is 0 Å². The van der Waals surface area contributed by atoms with Gasteiger partial charge in [-0.2, -0.15) is 0 Å². The van der Waals surface area contributed by atoms with Crippen LogP contribution in [0.2, 0.25) is 0 Å². The lowest BCUT2D eigenvalue weighted by atomic mass is 10.1. The summed E-state index contributed by atoms with van der Waals surface area (Å²) < 4.78 is 25.3. The smallest absolute Gasteiger partial charge is 0.276 e. The molecule has 0 unspecified atom stereocenters. The van der Waals surface area contributed by atoms with Crippen LogP contribution in [0.15, 0.2) is 60.8 Å². The van der Waals surface area contributed by atoms with Crippen molar-refractivity contribution in [2.24, 2.45) is 0 Å². The van der Waals surface area contributed by atoms with Gasteiger partial charge in [-0.15, -0.1) is 0 Å². The van der Waals surface area contributed by atoms with Crippen LogP contribution < -0.4 is 10.0 Å². The molecule has 0 aliphatic carbocycles. The molecule has 3 aromatic rings. The van der Waals surface area contributed by atoms with Crippen molar-refractivity contribution < 1.29 is 13.2 Å². The maximum Gasteiger partial charge on any atom is 0.276 e. The van der Waals surface area contributed by atoms with Crippen molar-refractivity contribution in [1.82, 2.24) is 9.97 Å². The molecule has 0 aliphatic rings. The van der Waals surface area contributed by atoms with Crippen LogP contribution in [0.1, 0.15) is 16.2 Å². The zero-order chi connectivity index (χ0) is 19.4. The monoisotopic (exact) mass is 382 g/mol. The topological polar surface area (TPSA) is 101 Å². The van der Waals surface area contributed by atoms with Crippen molar-refractivity contribution in [3.8, 4) is 11.3 Å². The number of anilines is 2. The molecule has 8 heteroatoms. The Balaban J connectivity index is 1.91. The van der Waals surface area contributed by atoms with Gasteiger partial charge in [0.1, 0.15) is 5.69 Å². The van der Waals surface area contributed by atoms with E-state index in [9.17, 15) is 13.2 Å². The van der Waals surface area contributed by atoms with Crippen LogP contribution in [0.3, 0.4) is 0 Å². The number of carbonyl (C=O) groups excluding carboxylic acids is 1. The average molecular weight is 382 g/mol. The summed E-state index contributed by atoms with van der Waals surface area (Å²) in [5.41, 5.74) is 2.89. The summed E-state index contributed by atoms with van der Waals surface area (Å²) in [6.07, 6.45) is 2.63. The number of nitrogens with one attached hydrogen (secondary N) is 2. The highest BCUT2D eigenvalue weighted by atomic mass is 32.2. The predicted octanol–water partition coefficient (Wildman–Crippen LogP) is 3.08. The number of aromatic nitrogens is 2. The standard InChI is InChI=1S/C19H18N4O3S/c1-13-18(19(24)21-15-8-4-3-5-9-15)22-17(12-20-13)14-7-6-10-16(11-14)23-27(2,25)26/h3-12,23H,1-2H3,(H,21,24). The van der Waals surface area contributed by atoms with Crippen LogP contribution in [0.4, 0.5) is 11.4 Å². The average Bonchev–Trinajstić information content (AvgIpc) is 2.61. The molecule has 2 N–H and O–H groups in total. The Bertz CT molecular complexity index is 1080. The Morgan fingerprint density at radius 3 is 2.41 bits per heavy atom. The fraction of sp³-hybridized carbons (Fsp3) is 0.105. The highest BCUT2D eigenvalue weighted by Gasteiger charge is 2.14. The van der Waals surface area contributed by atoms with Crippen LogP contribution in [0, 0.1) is 6.92 Å². The third-order valence-electron chi connectivity index (χ3n) is 3.66. The van der Waals surface area contributed by atoms with Crippen molar-refractivity contribution >= 4 is 27.3 Å². The number of carbonyl (C=O) groups is 1. The zero-order valence-corrected chi connectivity index (χ0v) is 15.6. The molecule has 1 aromatic heterocycles. The van der Waals surface area contributed by atoms with Crippen LogP contribution in [0.25, 0.3) is 11.3 Å². The minimum atomic E-state index is -3.39. The Kier molecular flexibility index (Phi) is 5.18. The van der Waals surface area contributed by atoms with Gasteiger partial charge < -0.3 is 5.32 Å². The normalized spacial score (nSPS) is 11.0. The molecule has 0 saturated heterocycles. The quantitative estimate of drug-likeness (QED) is 0.706. The van der Waals surface area contributed by atoms with Gasteiger partial charge in [0.2, 0.25) is 10.0 Å². The highest BCUT2D eigenvalue weighted by molar-refractivity contribution is 7.92. The second-order valence-corrected chi connectivity index (χ2v) is 7.71. The largest absolute Gasteiger partial charge is 0.321 e. The first-order chi connectivity index (χ1) is 12.8. The molecule has 3 rings (SSSR count). The molecule has 0 aliphatic heterocycles. The van der Waals surface area contributed by atoms with Gasteiger partial charge in [0.15, 0.2) is 0 Å². The molecule has 1 heterocycles. The van der Waals surface area contributed by atoms with Crippen LogP contribution in [0.5, 0.6) is 0 Å². The van der Waals surface area contributed by atoms with E-state index in [1.807, 2.05) is 18.2 Å². The van der Waals surface area contributed by atoms with Crippen LogP contribution >= 0.6 is 0 Å². The van der Waals surface area contributed by atoms with E-state index in [-0.39, 0.29) is 11.6 Å². The molecule has 1 amide bonds. The molecule has 0 bridgehead atoms. The Hall–Kier alpha value is -3.26. The molecule has 138 valence electrons. The maximum absolute atomic E-state index is 12.6. The van der Waals surface area contributed by atoms with Gasteiger partial charge in [-0.25, -0.2) is 13.4 Å². The minimum Gasteiger partial charge on any atom is -0.321 e. The van der Waals surface area contributed by atoms with E-state index in [2.05, 4.69) is 20.0 Å². The summed E-state index contributed by atoms with van der Waals surface area (Å²) in [6, 6.07) is 15.8. The van der Waals surface area contributed by atoms with Gasteiger partial charge in [0, 0.05) is 16.9 Å². The van der Waals surface area contributed by atoms with Crippen molar-refractivity contribution in [2.75, 3.05) is 16.3 Å². The van der Waals surface area contributed by atoms with Gasteiger partial charge >= 0.3 is 0 Å². The second-order valence-electron chi connectivity index (χ2n) is 5.96. The fourth-order valence-corrected chi connectivity index (χ4v) is 3.03. The van der Waals surface area contributed by atoms with Gasteiger partial charge in [0.25, 0.3) is 5.91 Å². The van der Waals surface area contributed by atoms with E-state index in [1.54, 1.807) is 49.5 Å². The number of para-hydroxylation sites is 1. The van der Waals surface area contributed by atoms with Crippen molar-refractivity contribution in [3.63, 3.8) is 0 Å². The Morgan fingerprint density at radius 2 is 1.70 bits per heavy atom. The Labute approximate surface area is 157 Å². The number of hydrogen-bond donors (Lipinski definition) is 2. The van der Waals surface area contributed by atoms with Gasteiger partial charge in [-0.3, -0.25) is 14.5 Å². The lowest BCUT2D eigenvalue weighted by Crippen LogP contribution is -2.16. The molecular weight excluding hydrogens is 364 g/mol. The fourth-order valence-electron chi connectivity index (χ4n) is 2.47. The molecule has 0 saturated carbocycles. The van der Waals surface area contributed by atoms with Crippen molar-refractivity contribution in [2.45, 2.75) is 6.92 Å². The summed E-state index contributed by atoms with van der Waals surface area (Å²) in [6.45, 7) is 1.71. The highest BCUT2D eigenvalue weighted by Crippen LogP contribution is 2.22. The zero-order valence-electron chi connectivity index (χ0n) is 14.8. The molecular formula is C19H18N4O3S. The summed E-state index contributed by atoms with van der Waals surface area (Å²) in [4.78, 5) is 21.3. The number of benzene rings is 2. The minimum absolute atomic E-state index is 0.206. The predicted molar refractivity (Wildman–Crippen MR) is 105 cm³/mol. The summed E-state index contributed by atoms with van der Waals surface area (Å²) in [5.74, 6) is -0.363. The van der Waals surface area contributed by atoms with Gasteiger partial charge in [-0.05, 0) is 31.2 Å². The van der Waals surface area contributed by atoms with E-state index in [0.717, 1.165) is 6.26 Å². The van der Waals surface area contributed by atoms with Crippen LogP contribution in [-0.2, 0) is 10.0 Å². The molecule has 0 spiro atoms. The molecule has 2 aromatic carbocycles. The summed E-state index contributed by atoms with van der Waals surface area (Å²) >= 11 is 0. The maximum atomic E-state index is 12.6. The number of aryl methyl sites for hydroxylation is 1. The SMILES string of the molecule is Cc1ncc(-c2cccc(NS(C)(=O)=O)c2)nc1C(=O)Nc1ccccc1. The van der Waals surface area contributed by atoms with Crippen molar-refractivity contribution in [1.29, 1.82) is 0 Å².